The van der Waals surface area contributed by atoms with Gasteiger partial charge in [0.15, 0.2) is 0 Å². The number of nitrogens with zero attached hydrogens (tertiary/aromatic N) is 1. The molecule has 4 aromatic rings. The third kappa shape index (κ3) is 4.75. The number of para-hydroxylation sites is 1. The monoisotopic (exact) mass is 500 g/mol. The van der Waals surface area contributed by atoms with Crippen molar-refractivity contribution < 1.29 is 4.79 Å². The SMILES string of the molecule is N#C/C(=C\c1c(Cc2ccccc2Br)ccc2ccccc12)C(=O)Nc1ccccc1Cl. The number of hydrogen-bond acceptors (Lipinski definition) is 2. The zero-order chi connectivity index (χ0) is 22.5. The second kappa shape index (κ2) is 9.82. The Balaban J connectivity index is 1.79. The van der Waals surface area contributed by atoms with Crippen LogP contribution in [-0.4, -0.2) is 5.91 Å². The van der Waals surface area contributed by atoms with Gasteiger partial charge in [-0.2, -0.15) is 5.26 Å². The highest BCUT2D eigenvalue weighted by molar-refractivity contribution is 9.10. The fourth-order valence-corrected chi connectivity index (χ4v) is 4.17. The van der Waals surface area contributed by atoms with Crippen molar-refractivity contribution in [2.75, 3.05) is 5.32 Å². The molecule has 156 valence electrons. The third-order valence-electron chi connectivity index (χ3n) is 5.18. The molecule has 0 aromatic heterocycles. The van der Waals surface area contributed by atoms with Crippen molar-refractivity contribution >= 4 is 56.0 Å². The summed E-state index contributed by atoms with van der Waals surface area (Å²) < 4.78 is 1.01. The summed E-state index contributed by atoms with van der Waals surface area (Å²) in [5, 5.41) is 15.0. The van der Waals surface area contributed by atoms with Crippen LogP contribution in [0.25, 0.3) is 16.8 Å². The molecule has 0 unspecified atom stereocenters. The number of anilines is 1. The first-order chi connectivity index (χ1) is 15.6. The second-order valence-electron chi connectivity index (χ2n) is 7.23. The standard InChI is InChI=1S/C27H18BrClN2O/c28-24-10-4-2-8-20(24)15-19-14-13-18-7-1-3-9-22(18)23(19)16-21(17-30)27(32)31-26-12-6-5-11-25(26)29/h1-14,16H,15H2,(H,31,32)/b21-16+. The average Bonchev–Trinajstić information content (AvgIpc) is 2.81. The summed E-state index contributed by atoms with van der Waals surface area (Å²) in [7, 11) is 0. The normalized spacial score (nSPS) is 11.2. The maximum atomic E-state index is 12.9. The molecule has 0 aliphatic rings. The Morgan fingerprint density at radius 3 is 2.44 bits per heavy atom. The Kier molecular flexibility index (Phi) is 6.70. The molecular weight excluding hydrogens is 484 g/mol. The first-order valence-corrected chi connectivity index (χ1v) is 11.2. The summed E-state index contributed by atoms with van der Waals surface area (Å²) in [5.41, 5.74) is 3.47. The fourth-order valence-electron chi connectivity index (χ4n) is 3.56. The van der Waals surface area contributed by atoms with Crippen LogP contribution in [0.2, 0.25) is 5.02 Å². The zero-order valence-electron chi connectivity index (χ0n) is 17.0. The summed E-state index contributed by atoms with van der Waals surface area (Å²) in [6.07, 6.45) is 2.32. The van der Waals surface area contributed by atoms with E-state index in [2.05, 4.69) is 45.5 Å². The topological polar surface area (TPSA) is 52.9 Å². The number of nitriles is 1. The van der Waals surface area contributed by atoms with Gasteiger partial charge in [0, 0.05) is 4.47 Å². The Hall–Kier alpha value is -3.39. The molecule has 0 heterocycles. The van der Waals surface area contributed by atoms with Crippen LogP contribution in [-0.2, 0) is 11.2 Å². The van der Waals surface area contributed by atoms with Crippen LogP contribution in [0.3, 0.4) is 0 Å². The minimum atomic E-state index is -0.500. The largest absolute Gasteiger partial charge is 0.320 e. The van der Waals surface area contributed by atoms with Crippen molar-refractivity contribution in [3.8, 4) is 6.07 Å². The molecule has 1 amide bonds. The molecule has 0 bridgehead atoms. The second-order valence-corrected chi connectivity index (χ2v) is 8.49. The Bertz CT molecular complexity index is 1390. The third-order valence-corrected chi connectivity index (χ3v) is 6.28. The molecule has 0 aliphatic heterocycles. The van der Waals surface area contributed by atoms with E-state index in [1.807, 2.05) is 42.5 Å². The van der Waals surface area contributed by atoms with Crippen LogP contribution in [0, 0.1) is 11.3 Å². The lowest BCUT2D eigenvalue weighted by Crippen LogP contribution is -2.14. The van der Waals surface area contributed by atoms with E-state index in [1.165, 1.54) is 0 Å². The summed E-state index contributed by atoms with van der Waals surface area (Å²) in [6, 6.07) is 29.1. The molecule has 0 atom stereocenters. The number of rotatable bonds is 5. The van der Waals surface area contributed by atoms with E-state index in [1.54, 1.807) is 30.3 Å². The summed E-state index contributed by atoms with van der Waals surface area (Å²) >= 11 is 9.78. The van der Waals surface area contributed by atoms with Gasteiger partial charge in [-0.15, -0.1) is 0 Å². The highest BCUT2D eigenvalue weighted by Gasteiger charge is 2.15. The van der Waals surface area contributed by atoms with E-state index in [0.717, 1.165) is 31.9 Å². The predicted molar refractivity (Wildman–Crippen MR) is 135 cm³/mol. The van der Waals surface area contributed by atoms with Gasteiger partial charge in [-0.05, 0) is 58.2 Å². The fraction of sp³-hybridized carbons (Fsp3) is 0.0370. The van der Waals surface area contributed by atoms with Gasteiger partial charge in [0.25, 0.3) is 5.91 Å². The van der Waals surface area contributed by atoms with Gasteiger partial charge < -0.3 is 5.32 Å². The van der Waals surface area contributed by atoms with Gasteiger partial charge in [-0.1, -0.05) is 94.3 Å². The highest BCUT2D eigenvalue weighted by Crippen LogP contribution is 2.29. The molecular formula is C27H18BrClN2O. The van der Waals surface area contributed by atoms with Crippen LogP contribution in [0.15, 0.2) is 95.0 Å². The highest BCUT2D eigenvalue weighted by atomic mass is 79.9. The van der Waals surface area contributed by atoms with E-state index < -0.39 is 5.91 Å². The number of carbonyl (C=O) groups excluding carboxylic acids is 1. The van der Waals surface area contributed by atoms with Gasteiger partial charge >= 0.3 is 0 Å². The minimum absolute atomic E-state index is 0.00894. The Morgan fingerprint density at radius 2 is 1.66 bits per heavy atom. The van der Waals surface area contributed by atoms with Crippen LogP contribution in [0.1, 0.15) is 16.7 Å². The molecule has 32 heavy (non-hydrogen) atoms. The van der Waals surface area contributed by atoms with Gasteiger partial charge in [0.2, 0.25) is 0 Å². The molecule has 5 heteroatoms. The molecule has 0 saturated heterocycles. The number of carbonyl (C=O) groups is 1. The number of nitrogens with one attached hydrogen (secondary N) is 1. The maximum Gasteiger partial charge on any atom is 0.266 e. The van der Waals surface area contributed by atoms with E-state index >= 15 is 0 Å². The van der Waals surface area contributed by atoms with Gasteiger partial charge in [0.1, 0.15) is 11.6 Å². The summed E-state index contributed by atoms with van der Waals surface area (Å²) in [4.78, 5) is 12.9. The lowest BCUT2D eigenvalue weighted by atomic mass is 9.93. The van der Waals surface area contributed by atoms with Crippen molar-refractivity contribution in [2.45, 2.75) is 6.42 Å². The van der Waals surface area contributed by atoms with Gasteiger partial charge in [-0.25, -0.2) is 0 Å². The number of fused-ring (bicyclic) bond motifs is 1. The number of benzene rings is 4. The smallest absolute Gasteiger partial charge is 0.266 e. The lowest BCUT2D eigenvalue weighted by Gasteiger charge is -2.13. The lowest BCUT2D eigenvalue weighted by molar-refractivity contribution is -0.112. The van der Waals surface area contributed by atoms with E-state index in [9.17, 15) is 10.1 Å². The van der Waals surface area contributed by atoms with Crippen LogP contribution in [0.4, 0.5) is 5.69 Å². The molecule has 3 nitrogen and oxygen atoms in total. The van der Waals surface area contributed by atoms with Crippen molar-refractivity contribution in [3.05, 3.63) is 117 Å². The van der Waals surface area contributed by atoms with Gasteiger partial charge in [-0.3, -0.25) is 4.79 Å². The first-order valence-electron chi connectivity index (χ1n) is 9.98. The summed E-state index contributed by atoms with van der Waals surface area (Å²) in [6.45, 7) is 0. The van der Waals surface area contributed by atoms with Crippen molar-refractivity contribution in [3.63, 3.8) is 0 Å². The predicted octanol–water partition coefficient (Wildman–Crippen LogP) is 7.39. The molecule has 0 radical (unpaired) electrons. The van der Waals surface area contributed by atoms with Crippen LogP contribution in [0.5, 0.6) is 0 Å². The minimum Gasteiger partial charge on any atom is -0.320 e. The number of hydrogen-bond donors (Lipinski definition) is 1. The zero-order valence-corrected chi connectivity index (χ0v) is 19.3. The molecule has 0 aliphatic carbocycles. The van der Waals surface area contributed by atoms with Crippen molar-refractivity contribution in [2.24, 2.45) is 0 Å². The van der Waals surface area contributed by atoms with E-state index in [-0.39, 0.29) is 5.57 Å². The van der Waals surface area contributed by atoms with Crippen molar-refractivity contribution in [1.82, 2.24) is 0 Å². The summed E-state index contributed by atoms with van der Waals surface area (Å²) in [5.74, 6) is -0.500. The maximum absolute atomic E-state index is 12.9. The van der Waals surface area contributed by atoms with Gasteiger partial charge in [0.05, 0.1) is 10.7 Å². The molecule has 4 aromatic carbocycles. The first kappa shape index (κ1) is 21.8. The quantitative estimate of drug-likeness (QED) is 0.229. The molecule has 0 fully saturated rings. The van der Waals surface area contributed by atoms with Crippen LogP contribution < -0.4 is 5.32 Å². The Morgan fingerprint density at radius 1 is 0.938 bits per heavy atom. The van der Waals surface area contributed by atoms with E-state index in [4.69, 9.17) is 11.6 Å². The molecule has 4 rings (SSSR count). The van der Waals surface area contributed by atoms with Crippen LogP contribution >= 0.6 is 27.5 Å². The molecule has 0 saturated carbocycles. The average molecular weight is 502 g/mol. The number of halogens is 2. The molecule has 1 N–H and O–H groups in total. The molecule has 0 spiro atoms. The number of amides is 1. The van der Waals surface area contributed by atoms with Crippen molar-refractivity contribution in [1.29, 1.82) is 5.26 Å². The Labute approximate surface area is 200 Å². The van der Waals surface area contributed by atoms with E-state index in [0.29, 0.717) is 17.1 Å².